The second-order valence-electron chi connectivity index (χ2n) is 3.67. The van der Waals surface area contributed by atoms with E-state index in [9.17, 15) is 9.18 Å². The lowest BCUT2D eigenvalue weighted by Gasteiger charge is -2.09. The summed E-state index contributed by atoms with van der Waals surface area (Å²) in [5.74, 6) is 0.354. The van der Waals surface area contributed by atoms with Gasteiger partial charge in [0, 0.05) is 16.3 Å². The summed E-state index contributed by atoms with van der Waals surface area (Å²) in [6.07, 6.45) is 0.489. The number of ether oxygens (including phenoxy) is 1. The van der Waals surface area contributed by atoms with E-state index in [0.29, 0.717) is 28.5 Å². The van der Waals surface area contributed by atoms with Crippen molar-refractivity contribution in [3.63, 3.8) is 0 Å². The first-order valence-electron chi connectivity index (χ1n) is 5.40. The van der Waals surface area contributed by atoms with Gasteiger partial charge in [-0.15, -0.1) is 0 Å². The van der Waals surface area contributed by atoms with Crippen LogP contribution in [-0.2, 0) is 15.3 Å². The van der Waals surface area contributed by atoms with Crippen LogP contribution in [0.5, 0.6) is 0 Å². The van der Waals surface area contributed by atoms with Crippen molar-refractivity contribution >= 4 is 29.3 Å². The Labute approximate surface area is 115 Å². The molecule has 1 atom stereocenters. The van der Waals surface area contributed by atoms with Crippen LogP contribution in [0.3, 0.4) is 0 Å². The van der Waals surface area contributed by atoms with Gasteiger partial charge in [-0.1, -0.05) is 17.7 Å². The lowest BCUT2D eigenvalue weighted by Crippen LogP contribution is -2.31. The van der Waals surface area contributed by atoms with Crippen LogP contribution in [0.2, 0.25) is 5.02 Å². The van der Waals surface area contributed by atoms with Crippen molar-refractivity contribution in [1.82, 2.24) is 0 Å². The fraction of sp³-hybridized carbons (Fsp3) is 0.417. The number of nitrogens with two attached hydrogens (primary N) is 1. The molecule has 6 heteroatoms. The smallest absolute Gasteiger partial charge is 0.322 e. The topological polar surface area (TPSA) is 52.3 Å². The fourth-order valence-electron chi connectivity index (χ4n) is 1.32. The second kappa shape index (κ2) is 7.61. The predicted octanol–water partition coefficient (Wildman–Crippen LogP) is 2.60. The van der Waals surface area contributed by atoms with Crippen molar-refractivity contribution in [1.29, 1.82) is 0 Å². The number of benzene rings is 1. The molecule has 0 spiro atoms. The zero-order valence-electron chi connectivity index (χ0n) is 9.99. The molecule has 0 fully saturated rings. The van der Waals surface area contributed by atoms with E-state index in [1.807, 2.05) is 0 Å². The minimum absolute atomic E-state index is 0.313. The van der Waals surface area contributed by atoms with Gasteiger partial charge in [0.25, 0.3) is 0 Å². The maximum atomic E-state index is 13.4. The number of esters is 1. The summed E-state index contributed by atoms with van der Waals surface area (Å²) in [5.41, 5.74) is 6.06. The molecule has 0 saturated carbocycles. The summed E-state index contributed by atoms with van der Waals surface area (Å²) in [5, 5.41) is 0.416. The van der Waals surface area contributed by atoms with E-state index in [2.05, 4.69) is 4.74 Å². The number of carbonyl (C=O) groups excluding carboxylic acids is 1. The van der Waals surface area contributed by atoms with Gasteiger partial charge in [0.1, 0.15) is 11.9 Å². The Morgan fingerprint density at radius 1 is 1.61 bits per heavy atom. The van der Waals surface area contributed by atoms with E-state index in [-0.39, 0.29) is 5.82 Å². The minimum Gasteiger partial charge on any atom is -0.468 e. The Hall–Kier alpha value is -0.780. The normalized spacial score (nSPS) is 12.2. The fourth-order valence-corrected chi connectivity index (χ4v) is 2.70. The molecule has 1 aromatic carbocycles. The first-order chi connectivity index (χ1) is 8.56. The average Bonchev–Trinajstić information content (AvgIpc) is 2.36. The van der Waals surface area contributed by atoms with Crippen molar-refractivity contribution in [2.24, 2.45) is 5.73 Å². The van der Waals surface area contributed by atoms with Crippen molar-refractivity contribution < 1.29 is 13.9 Å². The molecule has 2 N–H and O–H groups in total. The van der Waals surface area contributed by atoms with Crippen LogP contribution in [0.1, 0.15) is 12.0 Å². The quantitative estimate of drug-likeness (QED) is 0.646. The van der Waals surface area contributed by atoms with E-state index < -0.39 is 12.0 Å². The Balaban J connectivity index is 2.36. The van der Waals surface area contributed by atoms with E-state index in [0.717, 1.165) is 0 Å². The van der Waals surface area contributed by atoms with Crippen LogP contribution < -0.4 is 5.73 Å². The zero-order chi connectivity index (χ0) is 13.5. The van der Waals surface area contributed by atoms with Gasteiger partial charge in [0.05, 0.1) is 7.11 Å². The van der Waals surface area contributed by atoms with Crippen molar-refractivity contribution in [2.45, 2.75) is 18.2 Å². The number of hydrogen-bond acceptors (Lipinski definition) is 4. The van der Waals surface area contributed by atoms with Gasteiger partial charge >= 0.3 is 5.97 Å². The third kappa shape index (κ3) is 4.48. The largest absolute Gasteiger partial charge is 0.468 e. The molecule has 0 heterocycles. The minimum atomic E-state index is -0.626. The molecule has 100 valence electrons. The van der Waals surface area contributed by atoms with Crippen LogP contribution in [0.25, 0.3) is 0 Å². The van der Waals surface area contributed by atoms with Crippen molar-refractivity contribution in [3.05, 3.63) is 34.6 Å². The average molecular weight is 292 g/mol. The van der Waals surface area contributed by atoms with Crippen LogP contribution in [-0.4, -0.2) is 24.9 Å². The molecule has 0 amide bonds. The number of hydrogen-bond donors (Lipinski definition) is 1. The summed E-state index contributed by atoms with van der Waals surface area (Å²) in [6.45, 7) is 0. The standard InChI is InChI=1S/C12H15ClFNO2S/c1-17-12(16)11(15)5-6-18-7-8-9(13)3-2-4-10(8)14/h2-4,11H,5-7,15H2,1H3. The molecule has 1 unspecified atom stereocenters. The van der Waals surface area contributed by atoms with E-state index in [1.54, 1.807) is 12.1 Å². The maximum Gasteiger partial charge on any atom is 0.322 e. The Kier molecular flexibility index (Phi) is 6.46. The molecule has 0 saturated heterocycles. The van der Waals surface area contributed by atoms with Gasteiger partial charge in [-0.3, -0.25) is 4.79 Å². The van der Waals surface area contributed by atoms with E-state index in [1.165, 1.54) is 24.9 Å². The van der Waals surface area contributed by atoms with Crippen LogP contribution in [0, 0.1) is 5.82 Å². The third-order valence-electron chi connectivity index (χ3n) is 2.39. The molecule has 1 rings (SSSR count). The summed E-state index contributed by atoms with van der Waals surface area (Å²) in [6, 6.07) is 3.97. The summed E-state index contributed by atoms with van der Waals surface area (Å²) in [4.78, 5) is 11.0. The molecule has 0 bridgehead atoms. The molecule has 0 aliphatic rings. The second-order valence-corrected chi connectivity index (χ2v) is 5.18. The van der Waals surface area contributed by atoms with Gasteiger partial charge in [0.15, 0.2) is 0 Å². The summed E-state index contributed by atoms with van der Waals surface area (Å²) >= 11 is 7.37. The third-order valence-corrected chi connectivity index (χ3v) is 3.76. The number of carbonyl (C=O) groups is 1. The maximum absolute atomic E-state index is 13.4. The van der Waals surface area contributed by atoms with Crippen LogP contribution in [0.15, 0.2) is 18.2 Å². The molecular formula is C12H15ClFNO2S. The summed E-state index contributed by atoms with van der Waals surface area (Å²) < 4.78 is 17.9. The molecule has 18 heavy (non-hydrogen) atoms. The predicted molar refractivity (Wildman–Crippen MR) is 72.2 cm³/mol. The zero-order valence-corrected chi connectivity index (χ0v) is 11.6. The number of rotatable bonds is 6. The van der Waals surface area contributed by atoms with E-state index >= 15 is 0 Å². The highest BCUT2D eigenvalue weighted by Gasteiger charge is 2.13. The van der Waals surface area contributed by atoms with E-state index in [4.69, 9.17) is 17.3 Å². The highest BCUT2D eigenvalue weighted by atomic mass is 35.5. The number of thioether (sulfide) groups is 1. The monoisotopic (exact) mass is 291 g/mol. The van der Waals surface area contributed by atoms with Crippen LogP contribution >= 0.6 is 23.4 Å². The molecule has 0 aliphatic carbocycles. The molecule has 1 aromatic rings. The first kappa shape index (κ1) is 15.3. The number of methoxy groups -OCH3 is 1. The highest BCUT2D eigenvalue weighted by molar-refractivity contribution is 7.98. The van der Waals surface area contributed by atoms with Crippen LogP contribution in [0.4, 0.5) is 4.39 Å². The Bertz CT molecular complexity index is 397. The molecule has 0 radical (unpaired) electrons. The van der Waals surface area contributed by atoms with Crippen molar-refractivity contribution in [3.8, 4) is 0 Å². The van der Waals surface area contributed by atoms with Gasteiger partial charge in [-0.25, -0.2) is 4.39 Å². The molecular weight excluding hydrogens is 277 g/mol. The lowest BCUT2D eigenvalue weighted by molar-refractivity contribution is -0.142. The highest BCUT2D eigenvalue weighted by Crippen LogP contribution is 2.24. The molecule has 0 aromatic heterocycles. The van der Waals surface area contributed by atoms with Crippen molar-refractivity contribution in [2.75, 3.05) is 12.9 Å². The van der Waals surface area contributed by atoms with Gasteiger partial charge < -0.3 is 10.5 Å². The summed E-state index contributed by atoms with van der Waals surface area (Å²) in [7, 11) is 1.30. The Morgan fingerprint density at radius 2 is 2.33 bits per heavy atom. The van der Waals surface area contributed by atoms with Gasteiger partial charge in [-0.2, -0.15) is 11.8 Å². The van der Waals surface area contributed by atoms with Gasteiger partial charge in [0.2, 0.25) is 0 Å². The SMILES string of the molecule is COC(=O)C(N)CCSCc1c(F)cccc1Cl. The number of halogens is 2. The lowest BCUT2D eigenvalue weighted by atomic mass is 10.2. The van der Waals surface area contributed by atoms with Gasteiger partial charge in [-0.05, 0) is 24.3 Å². The molecule has 3 nitrogen and oxygen atoms in total. The molecule has 0 aliphatic heterocycles. The Morgan fingerprint density at radius 3 is 2.94 bits per heavy atom. The first-order valence-corrected chi connectivity index (χ1v) is 6.93.